The predicted molar refractivity (Wildman–Crippen MR) is 81.9 cm³/mol. The van der Waals surface area contributed by atoms with Gasteiger partial charge in [-0.15, -0.1) is 0 Å². The Bertz CT molecular complexity index is 587. The topological polar surface area (TPSA) is 52.7 Å². The van der Waals surface area contributed by atoms with Crippen molar-refractivity contribution in [3.05, 3.63) is 38.8 Å². The van der Waals surface area contributed by atoms with Gasteiger partial charge in [0, 0.05) is 26.5 Å². The predicted octanol–water partition coefficient (Wildman–Crippen LogP) is 3.21. The summed E-state index contributed by atoms with van der Waals surface area (Å²) in [5.41, 5.74) is 1.42. The minimum absolute atomic E-state index is 0.442. The van der Waals surface area contributed by atoms with Gasteiger partial charge in [0.1, 0.15) is 5.69 Å². The number of aldehydes is 1. The lowest BCUT2D eigenvalue weighted by atomic mass is 10.4. The van der Waals surface area contributed by atoms with E-state index in [-0.39, 0.29) is 0 Å². The third-order valence-electron chi connectivity index (χ3n) is 2.06. The van der Waals surface area contributed by atoms with Crippen LogP contribution in [0, 0.1) is 0 Å². The quantitative estimate of drug-likeness (QED) is 0.741. The molecule has 0 unspecified atom stereocenters. The second-order valence-electron chi connectivity index (χ2n) is 3.69. The fraction of sp³-hybridized carbons (Fsp3) is 0.250. The van der Waals surface area contributed by atoms with Crippen molar-refractivity contribution in [2.45, 2.75) is 6.92 Å². The lowest BCUT2D eigenvalue weighted by molar-refractivity contribution is 0.111. The summed E-state index contributed by atoms with van der Waals surface area (Å²) < 4.78 is 5.13. The molecule has 0 saturated carbocycles. The zero-order valence-corrected chi connectivity index (χ0v) is 14.0. The van der Waals surface area contributed by atoms with Crippen LogP contribution in [0.2, 0.25) is 0 Å². The molecule has 2 aromatic heterocycles. The maximum absolute atomic E-state index is 10.1. The first-order valence-electron chi connectivity index (χ1n) is 5.44. The Labute approximate surface area is 128 Å². The highest BCUT2D eigenvalue weighted by atomic mass is 79.9. The first-order valence-corrected chi connectivity index (χ1v) is 7.02. The van der Waals surface area contributed by atoms with Crippen LogP contribution in [0.3, 0.4) is 0 Å². The van der Waals surface area contributed by atoms with Crippen molar-refractivity contribution in [1.82, 2.24) is 19.6 Å². The largest absolute Gasteiger partial charge is 0.296 e. The van der Waals surface area contributed by atoms with E-state index in [0.29, 0.717) is 12.0 Å². The van der Waals surface area contributed by atoms with E-state index in [1.54, 1.807) is 22.6 Å². The molecular weight excluding hydrogens is 376 g/mol. The number of hydrogen-bond donors (Lipinski definition) is 0. The lowest BCUT2D eigenvalue weighted by Crippen LogP contribution is -1.88. The van der Waals surface area contributed by atoms with Gasteiger partial charge in [0.15, 0.2) is 6.29 Å². The number of carbonyl (C=O) groups excluding carboxylic acids is 1. The summed E-state index contributed by atoms with van der Waals surface area (Å²) in [6, 6.07) is 0. The highest BCUT2D eigenvalue weighted by Crippen LogP contribution is 2.15. The number of halogens is 2. The fourth-order valence-electron chi connectivity index (χ4n) is 1.30. The van der Waals surface area contributed by atoms with Gasteiger partial charge in [0.2, 0.25) is 0 Å². The minimum Gasteiger partial charge on any atom is -0.296 e. The van der Waals surface area contributed by atoms with Gasteiger partial charge in [-0.1, -0.05) is 6.08 Å². The summed E-state index contributed by atoms with van der Waals surface area (Å²) in [6.07, 6.45) is 8.29. The monoisotopic (exact) mass is 388 g/mol. The summed E-state index contributed by atoms with van der Waals surface area (Å²) in [4.78, 5) is 10.1. The summed E-state index contributed by atoms with van der Waals surface area (Å²) in [6.45, 7) is 1.97. The third kappa shape index (κ3) is 4.76. The molecule has 0 spiro atoms. The Balaban J connectivity index is 0.000000191. The summed E-state index contributed by atoms with van der Waals surface area (Å²) in [7, 11) is 3.66. The second-order valence-corrected chi connectivity index (χ2v) is 5.40. The first kappa shape index (κ1) is 15.8. The molecule has 0 saturated heterocycles. The average Bonchev–Trinajstić information content (AvgIpc) is 2.83. The smallest absolute Gasteiger partial charge is 0.171 e. The third-order valence-corrected chi connectivity index (χ3v) is 3.28. The van der Waals surface area contributed by atoms with Crippen LogP contribution in [0.15, 0.2) is 27.4 Å². The highest BCUT2D eigenvalue weighted by molar-refractivity contribution is 9.10. The molecule has 19 heavy (non-hydrogen) atoms. The molecule has 7 heteroatoms. The molecule has 0 radical (unpaired) electrons. The normalized spacial score (nSPS) is 10.4. The van der Waals surface area contributed by atoms with Crippen LogP contribution < -0.4 is 0 Å². The molecule has 102 valence electrons. The van der Waals surface area contributed by atoms with E-state index in [9.17, 15) is 4.79 Å². The van der Waals surface area contributed by atoms with Crippen LogP contribution in [0.1, 0.15) is 23.1 Å². The molecule has 2 aromatic rings. The lowest BCUT2D eigenvalue weighted by Gasteiger charge is -1.82. The second kappa shape index (κ2) is 7.40. The van der Waals surface area contributed by atoms with E-state index in [1.165, 1.54) is 0 Å². The Hall–Kier alpha value is -1.21. The number of aromatic nitrogens is 4. The Morgan fingerprint density at radius 1 is 1.05 bits per heavy atom. The molecule has 0 N–H and O–H groups in total. The molecule has 0 bridgehead atoms. The molecule has 0 atom stereocenters. The first-order chi connectivity index (χ1) is 8.97. The van der Waals surface area contributed by atoms with Crippen LogP contribution in [0.25, 0.3) is 6.08 Å². The van der Waals surface area contributed by atoms with Crippen LogP contribution in [-0.2, 0) is 14.1 Å². The summed E-state index contributed by atoms with van der Waals surface area (Å²) in [5, 5.41) is 8.01. The molecule has 0 aliphatic rings. The van der Waals surface area contributed by atoms with E-state index in [0.717, 1.165) is 14.6 Å². The zero-order chi connectivity index (χ0) is 14.4. The van der Waals surface area contributed by atoms with E-state index < -0.39 is 0 Å². The molecule has 0 fully saturated rings. The molecular formula is C12H14Br2N4O. The van der Waals surface area contributed by atoms with Crippen molar-refractivity contribution in [3.8, 4) is 0 Å². The summed E-state index contributed by atoms with van der Waals surface area (Å²) in [5.74, 6) is 0. The van der Waals surface area contributed by atoms with Crippen LogP contribution in [0.4, 0.5) is 0 Å². The van der Waals surface area contributed by atoms with Crippen LogP contribution in [-0.4, -0.2) is 25.8 Å². The van der Waals surface area contributed by atoms with E-state index >= 15 is 0 Å². The fourth-order valence-corrected chi connectivity index (χ4v) is 2.28. The Kier molecular flexibility index (Phi) is 6.17. The zero-order valence-electron chi connectivity index (χ0n) is 10.8. The van der Waals surface area contributed by atoms with Crippen molar-refractivity contribution in [3.63, 3.8) is 0 Å². The van der Waals surface area contributed by atoms with Gasteiger partial charge in [-0.25, -0.2) is 0 Å². The van der Waals surface area contributed by atoms with Gasteiger partial charge in [-0.2, -0.15) is 10.2 Å². The van der Waals surface area contributed by atoms with E-state index in [4.69, 9.17) is 0 Å². The number of carbonyl (C=O) groups is 1. The standard InChI is InChI=1S/C7H9BrN2.C5H5BrN2O/c1-3-4-7-6(8)5-10(2)9-7;1-8-2-4(6)5(3-9)7-8/h3-5H,1-2H3;2-3H,1H3/b4-3+;. The van der Waals surface area contributed by atoms with Gasteiger partial charge in [-0.05, 0) is 44.9 Å². The molecule has 0 aromatic carbocycles. The molecule has 0 aliphatic carbocycles. The maximum atomic E-state index is 10.1. The highest BCUT2D eigenvalue weighted by Gasteiger charge is 2.00. The number of hydrogen-bond acceptors (Lipinski definition) is 3. The van der Waals surface area contributed by atoms with Crippen LogP contribution >= 0.6 is 31.9 Å². The number of nitrogens with zero attached hydrogens (tertiary/aromatic N) is 4. The van der Waals surface area contributed by atoms with Crippen molar-refractivity contribution in [1.29, 1.82) is 0 Å². The number of allylic oxidation sites excluding steroid dienone is 1. The van der Waals surface area contributed by atoms with Gasteiger partial charge >= 0.3 is 0 Å². The van der Waals surface area contributed by atoms with Gasteiger partial charge in [0.05, 0.1) is 14.6 Å². The molecule has 2 rings (SSSR count). The van der Waals surface area contributed by atoms with Gasteiger partial charge < -0.3 is 0 Å². The number of rotatable bonds is 2. The average molecular weight is 390 g/mol. The van der Waals surface area contributed by atoms with Crippen molar-refractivity contribution >= 4 is 44.2 Å². The van der Waals surface area contributed by atoms with Crippen molar-refractivity contribution < 1.29 is 4.79 Å². The number of aryl methyl sites for hydroxylation is 2. The molecule has 0 aliphatic heterocycles. The molecule has 2 heterocycles. The molecule has 5 nitrogen and oxygen atoms in total. The Morgan fingerprint density at radius 3 is 1.79 bits per heavy atom. The minimum atomic E-state index is 0.442. The van der Waals surface area contributed by atoms with Gasteiger partial charge in [-0.3, -0.25) is 14.2 Å². The van der Waals surface area contributed by atoms with E-state index in [1.807, 2.05) is 32.3 Å². The van der Waals surface area contributed by atoms with Crippen molar-refractivity contribution in [2.24, 2.45) is 14.1 Å². The van der Waals surface area contributed by atoms with E-state index in [2.05, 4.69) is 42.1 Å². The molecule has 0 amide bonds. The van der Waals surface area contributed by atoms with Crippen LogP contribution in [0.5, 0.6) is 0 Å². The SMILES string of the molecule is C/C=C/c1nn(C)cc1Br.Cn1cc(Br)c(C=O)n1. The Morgan fingerprint density at radius 2 is 1.53 bits per heavy atom. The summed E-state index contributed by atoms with van der Waals surface area (Å²) >= 11 is 6.55. The van der Waals surface area contributed by atoms with Gasteiger partial charge in [0.25, 0.3) is 0 Å². The van der Waals surface area contributed by atoms with Crippen molar-refractivity contribution in [2.75, 3.05) is 0 Å². The maximum Gasteiger partial charge on any atom is 0.171 e.